The van der Waals surface area contributed by atoms with Gasteiger partial charge in [0.15, 0.2) is 11.9 Å². The van der Waals surface area contributed by atoms with Gasteiger partial charge in [-0.2, -0.15) is 0 Å². The van der Waals surface area contributed by atoms with Crippen LogP contribution in [-0.2, 0) is 9.47 Å². The molecule has 1 fully saturated rings. The van der Waals surface area contributed by atoms with Crippen LogP contribution < -0.4 is 0 Å². The van der Waals surface area contributed by atoms with Crippen LogP contribution in [0.25, 0.3) is 11.3 Å². The molecule has 17 heavy (non-hydrogen) atoms. The van der Waals surface area contributed by atoms with Crippen molar-refractivity contribution in [2.45, 2.75) is 6.10 Å². The third-order valence-electron chi connectivity index (χ3n) is 2.67. The summed E-state index contributed by atoms with van der Waals surface area (Å²) in [7, 11) is 0. The van der Waals surface area contributed by atoms with Crippen molar-refractivity contribution >= 4 is 0 Å². The van der Waals surface area contributed by atoms with E-state index in [1.54, 1.807) is 6.20 Å². The largest absolute Gasteiger partial charge is 0.438 e. The third-order valence-corrected chi connectivity index (χ3v) is 2.67. The van der Waals surface area contributed by atoms with E-state index in [1.807, 2.05) is 30.3 Å². The molecule has 1 unspecified atom stereocenters. The van der Waals surface area contributed by atoms with Crippen molar-refractivity contribution < 1.29 is 13.9 Å². The number of oxazole rings is 1. The van der Waals surface area contributed by atoms with E-state index in [2.05, 4.69) is 4.98 Å². The maximum atomic E-state index is 5.69. The van der Waals surface area contributed by atoms with Crippen LogP contribution in [0.4, 0.5) is 0 Å². The van der Waals surface area contributed by atoms with Crippen molar-refractivity contribution in [1.29, 1.82) is 0 Å². The van der Waals surface area contributed by atoms with E-state index >= 15 is 0 Å². The standard InChI is InChI=1S/C13H13NO3/c1-2-4-10(5-3-1)11-8-14-13(17-11)12-9-15-6-7-16-12/h1-5,8,12H,6-7,9H2. The highest BCUT2D eigenvalue weighted by atomic mass is 16.6. The highest BCUT2D eigenvalue weighted by Crippen LogP contribution is 2.25. The van der Waals surface area contributed by atoms with E-state index in [0.717, 1.165) is 11.3 Å². The van der Waals surface area contributed by atoms with Gasteiger partial charge in [0.05, 0.1) is 26.0 Å². The molecule has 0 amide bonds. The minimum atomic E-state index is -0.179. The zero-order valence-electron chi connectivity index (χ0n) is 9.33. The lowest BCUT2D eigenvalue weighted by molar-refractivity contribution is -0.0994. The first-order valence-corrected chi connectivity index (χ1v) is 5.64. The van der Waals surface area contributed by atoms with Gasteiger partial charge in [-0.15, -0.1) is 0 Å². The number of benzene rings is 1. The van der Waals surface area contributed by atoms with E-state index in [-0.39, 0.29) is 6.10 Å². The van der Waals surface area contributed by atoms with Crippen LogP contribution in [-0.4, -0.2) is 24.8 Å². The Hall–Kier alpha value is -1.65. The molecule has 0 bridgehead atoms. The summed E-state index contributed by atoms with van der Waals surface area (Å²) < 4.78 is 16.6. The van der Waals surface area contributed by atoms with Crippen LogP contribution in [0.5, 0.6) is 0 Å². The second-order valence-corrected chi connectivity index (χ2v) is 3.86. The van der Waals surface area contributed by atoms with E-state index < -0.39 is 0 Å². The number of nitrogens with zero attached hydrogens (tertiary/aromatic N) is 1. The summed E-state index contributed by atoms with van der Waals surface area (Å²) in [6.45, 7) is 1.74. The maximum absolute atomic E-state index is 5.69. The molecule has 2 heterocycles. The summed E-state index contributed by atoms with van der Waals surface area (Å²) in [5.74, 6) is 1.35. The molecule has 1 aromatic heterocycles. The molecule has 0 aliphatic carbocycles. The summed E-state index contributed by atoms with van der Waals surface area (Å²) in [4.78, 5) is 4.24. The fraction of sp³-hybridized carbons (Fsp3) is 0.308. The first-order chi connectivity index (χ1) is 8.43. The van der Waals surface area contributed by atoms with E-state index in [9.17, 15) is 0 Å². The number of aromatic nitrogens is 1. The van der Waals surface area contributed by atoms with Crippen LogP contribution >= 0.6 is 0 Å². The SMILES string of the molecule is c1ccc(-c2cnc(C3COCCO3)o2)cc1. The highest BCUT2D eigenvalue weighted by Gasteiger charge is 2.21. The van der Waals surface area contributed by atoms with Gasteiger partial charge < -0.3 is 13.9 Å². The number of hydrogen-bond acceptors (Lipinski definition) is 4. The summed E-state index contributed by atoms with van der Waals surface area (Å²) in [5, 5.41) is 0. The lowest BCUT2D eigenvalue weighted by atomic mass is 10.2. The molecule has 0 N–H and O–H groups in total. The number of ether oxygens (including phenoxy) is 2. The van der Waals surface area contributed by atoms with Gasteiger partial charge in [-0.05, 0) is 0 Å². The van der Waals surface area contributed by atoms with Crippen LogP contribution in [0, 0.1) is 0 Å². The van der Waals surface area contributed by atoms with E-state index in [1.165, 1.54) is 0 Å². The van der Waals surface area contributed by atoms with Gasteiger partial charge in [-0.3, -0.25) is 0 Å². The Labute approximate surface area is 99.2 Å². The Kier molecular flexibility index (Phi) is 2.90. The average Bonchev–Trinajstić information content (AvgIpc) is 2.90. The molecule has 2 aromatic rings. The predicted molar refractivity (Wildman–Crippen MR) is 61.5 cm³/mol. The van der Waals surface area contributed by atoms with Gasteiger partial charge in [-0.1, -0.05) is 30.3 Å². The molecular weight excluding hydrogens is 218 g/mol. The second kappa shape index (κ2) is 4.69. The first-order valence-electron chi connectivity index (χ1n) is 5.64. The molecule has 0 radical (unpaired) electrons. The zero-order chi connectivity index (χ0) is 11.5. The molecule has 88 valence electrons. The molecule has 1 aliphatic rings. The van der Waals surface area contributed by atoms with Crippen molar-refractivity contribution in [1.82, 2.24) is 4.98 Å². The van der Waals surface area contributed by atoms with Crippen molar-refractivity contribution in [3.05, 3.63) is 42.4 Å². The van der Waals surface area contributed by atoms with Gasteiger partial charge in [0.2, 0.25) is 5.89 Å². The molecule has 0 spiro atoms. The smallest absolute Gasteiger partial charge is 0.226 e. The van der Waals surface area contributed by atoms with Crippen molar-refractivity contribution in [3.8, 4) is 11.3 Å². The van der Waals surface area contributed by atoms with Crippen LogP contribution in [0.3, 0.4) is 0 Å². The third kappa shape index (κ3) is 2.23. The quantitative estimate of drug-likeness (QED) is 0.796. The molecule has 1 aromatic carbocycles. The molecule has 3 rings (SSSR count). The minimum Gasteiger partial charge on any atom is -0.438 e. The number of rotatable bonds is 2. The van der Waals surface area contributed by atoms with Crippen molar-refractivity contribution in [3.63, 3.8) is 0 Å². The van der Waals surface area contributed by atoms with Crippen molar-refractivity contribution in [2.24, 2.45) is 0 Å². The van der Waals surface area contributed by atoms with Crippen molar-refractivity contribution in [2.75, 3.05) is 19.8 Å². The molecule has 1 atom stereocenters. The molecule has 1 aliphatic heterocycles. The van der Waals surface area contributed by atoms with Gasteiger partial charge in [0.25, 0.3) is 0 Å². The summed E-state index contributed by atoms with van der Waals surface area (Å²) in [6, 6.07) is 9.89. The van der Waals surface area contributed by atoms with Gasteiger partial charge in [-0.25, -0.2) is 4.98 Å². The predicted octanol–water partition coefficient (Wildman–Crippen LogP) is 2.43. The fourth-order valence-corrected chi connectivity index (χ4v) is 1.80. The Balaban J connectivity index is 1.83. The van der Waals surface area contributed by atoms with Gasteiger partial charge >= 0.3 is 0 Å². The number of hydrogen-bond donors (Lipinski definition) is 0. The summed E-state index contributed by atoms with van der Waals surface area (Å²) in [6.07, 6.45) is 1.55. The Morgan fingerprint density at radius 2 is 2.00 bits per heavy atom. The van der Waals surface area contributed by atoms with Crippen LogP contribution in [0.1, 0.15) is 12.0 Å². The summed E-state index contributed by atoms with van der Waals surface area (Å²) in [5.41, 5.74) is 1.02. The summed E-state index contributed by atoms with van der Waals surface area (Å²) >= 11 is 0. The van der Waals surface area contributed by atoms with E-state index in [4.69, 9.17) is 13.9 Å². The second-order valence-electron chi connectivity index (χ2n) is 3.86. The zero-order valence-corrected chi connectivity index (χ0v) is 9.33. The lowest BCUT2D eigenvalue weighted by Gasteiger charge is -2.19. The first kappa shape index (κ1) is 10.5. The van der Waals surface area contributed by atoms with Gasteiger partial charge in [0.1, 0.15) is 0 Å². The topological polar surface area (TPSA) is 44.5 Å². The lowest BCUT2D eigenvalue weighted by Crippen LogP contribution is -2.22. The monoisotopic (exact) mass is 231 g/mol. The Bertz CT molecular complexity index is 474. The minimum absolute atomic E-state index is 0.179. The highest BCUT2D eigenvalue weighted by molar-refractivity contribution is 5.55. The van der Waals surface area contributed by atoms with Crippen LogP contribution in [0.2, 0.25) is 0 Å². The molecule has 4 nitrogen and oxygen atoms in total. The fourth-order valence-electron chi connectivity index (χ4n) is 1.80. The van der Waals surface area contributed by atoms with Crippen LogP contribution in [0.15, 0.2) is 40.9 Å². The Morgan fingerprint density at radius 3 is 2.76 bits per heavy atom. The normalized spacial score (nSPS) is 20.4. The molecule has 4 heteroatoms. The average molecular weight is 231 g/mol. The maximum Gasteiger partial charge on any atom is 0.226 e. The Morgan fingerprint density at radius 1 is 1.12 bits per heavy atom. The molecular formula is C13H13NO3. The van der Waals surface area contributed by atoms with E-state index in [0.29, 0.717) is 25.7 Å². The molecule has 1 saturated heterocycles. The van der Waals surface area contributed by atoms with Gasteiger partial charge in [0, 0.05) is 5.56 Å². The molecule has 0 saturated carbocycles.